The standard InChI is InChI=1S/C14H19BrN2O2/c1-14(19-2)4-3-5-17(9-14)13(18)10-6-11(15)8-12(16)7-10/h6-8H,3-5,9,16H2,1-2H3. The molecule has 1 heterocycles. The number of nitrogens with zero attached hydrogens (tertiary/aromatic N) is 1. The number of amides is 1. The predicted molar refractivity (Wildman–Crippen MR) is 79.1 cm³/mol. The molecule has 0 saturated carbocycles. The van der Waals surface area contributed by atoms with Crippen LogP contribution in [0.5, 0.6) is 0 Å². The largest absolute Gasteiger partial charge is 0.399 e. The first kappa shape index (κ1) is 14.3. The van der Waals surface area contributed by atoms with Crippen LogP contribution in [0.3, 0.4) is 0 Å². The molecule has 0 radical (unpaired) electrons. The maximum Gasteiger partial charge on any atom is 0.254 e. The van der Waals surface area contributed by atoms with Gasteiger partial charge in [-0.25, -0.2) is 0 Å². The molecule has 1 atom stereocenters. The lowest BCUT2D eigenvalue weighted by atomic mass is 9.94. The van der Waals surface area contributed by atoms with Crippen LogP contribution in [-0.2, 0) is 4.74 Å². The summed E-state index contributed by atoms with van der Waals surface area (Å²) in [5.41, 5.74) is 6.74. The van der Waals surface area contributed by atoms with Gasteiger partial charge in [-0.2, -0.15) is 0 Å². The van der Waals surface area contributed by atoms with Crippen molar-refractivity contribution in [1.29, 1.82) is 0 Å². The number of nitrogen functional groups attached to an aromatic ring is 1. The lowest BCUT2D eigenvalue weighted by Crippen LogP contribution is -2.49. The molecule has 1 unspecified atom stereocenters. The van der Waals surface area contributed by atoms with Gasteiger partial charge in [0.25, 0.3) is 5.91 Å². The molecule has 5 heteroatoms. The molecular formula is C14H19BrN2O2. The molecule has 1 aliphatic heterocycles. The summed E-state index contributed by atoms with van der Waals surface area (Å²) in [7, 11) is 1.70. The highest BCUT2D eigenvalue weighted by Crippen LogP contribution is 2.26. The molecule has 1 aromatic rings. The Morgan fingerprint density at radius 2 is 2.21 bits per heavy atom. The van der Waals surface area contributed by atoms with Gasteiger partial charge in [-0.3, -0.25) is 4.79 Å². The van der Waals surface area contributed by atoms with Crippen LogP contribution in [0.2, 0.25) is 0 Å². The van der Waals surface area contributed by atoms with E-state index >= 15 is 0 Å². The number of hydrogen-bond donors (Lipinski definition) is 1. The highest BCUT2D eigenvalue weighted by atomic mass is 79.9. The maximum absolute atomic E-state index is 12.5. The second-order valence-electron chi connectivity index (χ2n) is 5.26. The zero-order valence-corrected chi connectivity index (χ0v) is 12.9. The van der Waals surface area contributed by atoms with Gasteiger partial charge in [0.2, 0.25) is 0 Å². The number of hydrogen-bond acceptors (Lipinski definition) is 3. The number of ether oxygens (including phenoxy) is 1. The Kier molecular flexibility index (Phi) is 4.16. The van der Waals surface area contributed by atoms with E-state index in [9.17, 15) is 4.79 Å². The summed E-state index contributed by atoms with van der Waals surface area (Å²) in [6, 6.07) is 5.30. The maximum atomic E-state index is 12.5. The number of carbonyl (C=O) groups is 1. The summed E-state index contributed by atoms with van der Waals surface area (Å²) in [5, 5.41) is 0. The number of benzene rings is 1. The Balaban J connectivity index is 2.19. The topological polar surface area (TPSA) is 55.6 Å². The SMILES string of the molecule is COC1(C)CCCN(C(=O)c2cc(N)cc(Br)c2)C1. The van der Waals surface area contributed by atoms with E-state index < -0.39 is 0 Å². The van der Waals surface area contributed by atoms with Gasteiger partial charge >= 0.3 is 0 Å². The third-order valence-electron chi connectivity index (χ3n) is 3.61. The van der Waals surface area contributed by atoms with Crippen LogP contribution >= 0.6 is 15.9 Å². The predicted octanol–water partition coefficient (Wildman–Crippen LogP) is 2.67. The quantitative estimate of drug-likeness (QED) is 0.850. The van der Waals surface area contributed by atoms with Gasteiger partial charge in [-0.1, -0.05) is 15.9 Å². The molecule has 2 rings (SSSR count). The summed E-state index contributed by atoms with van der Waals surface area (Å²) >= 11 is 3.37. The van der Waals surface area contributed by atoms with E-state index in [0.717, 1.165) is 23.9 Å². The van der Waals surface area contributed by atoms with Crippen LogP contribution in [0.4, 0.5) is 5.69 Å². The molecule has 1 amide bonds. The Morgan fingerprint density at radius 1 is 1.47 bits per heavy atom. The molecule has 0 aromatic heterocycles. The number of piperidine rings is 1. The molecule has 1 aliphatic rings. The minimum absolute atomic E-state index is 0.0102. The van der Waals surface area contributed by atoms with Crippen molar-refractivity contribution in [2.45, 2.75) is 25.4 Å². The van der Waals surface area contributed by atoms with Crippen LogP contribution in [0.15, 0.2) is 22.7 Å². The van der Waals surface area contributed by atoms with Crippen molar-refractivity contribution < 1.29 is 9.53 Å². The molecule has 0 aliphatic carbocycles. The zero-order chi connectivity index (χ0) is 14.0. The molecule has 1 fully saturated rings. The minimum atomic E-state index is -0.245. The van der Waals surface area contributed by atoms with Crippen LogP contribution < -0.4 is 5.73 Å². The lowest BCUT2D eigenvalue weighted by Gasteiger charge is -2.39. The molecule has 19 heavy (non-hydrogen) atoms. The highest BCUT2D eigenvalue weighted by molar-refractivity contribution is 9.10. The molecule has 1 saturated heterocycles. The van der Waals surface area contributed by atoms with Crippen molar-refractivity contribution in [3.05, 3.63) is 28.2 Å². The van der Waals surface area contributed by atoms with Crippen LogP contribution in [-0.4, -0.2) is 36.6 Å². The van der Waals surface area contributed by atoms with Crippen molar-refractivity contribution in [3.63, 3.8) is 0 Å². The smallest absolute Gasteiger partial charge is 0.254 e. The first-order chi connectivity index (χ1) is 8.93. The molecule has 0 spiro atoms. The number of methoxy groups -OCH3 is 1. The summed E-state index contributed by atoms with van der Waals surface area (Å²) in [5.74, 6) is 0.0102. The van der Waals surface area contributed by atoms with E-state index in [-0.39, 0.29) is 11.5 Å². The Labute approximate surface area is 122 Å². The second-order valence-corrected chi connectivity index (χ2v) is 6.17. The first-order valence-corrected chi connectivity index (χ1v) is 7.13. The van der Waals surface area contributed by atoms with Crippen LogP contribution in [0.25, 0.3) is 0 Å². The Hall–Kier alpha value is -1.07. The number of nitrogens with two attached hydrogens (primary N) is 1. The molecule has 0 bridgehead atoms. The molecule has 1 aromatic carbocycles. The van der Waals surface area contributed by atoms with Crippen molar-refractivity contribution in [2.75, 3.05) is 25.9 Å². The number of carbonyl (C=O) groups excluding carboxylic acids is 1. The van der Waals surface area contributed by atoms with Crippen LogP contribution in [0.1, 0.15) is 30.1 Å². The van der Waals surface area contributed by atoms with E-state index in [1.807, 2.05) is 11.8 Å². The number of anilines is 1. The normalized spacial score (nSPS) is 23.4. The molecular weight excluding hydrogens is 308 g/mol. The number of likely N-dealkylation sites (tertiary alicyclic amines) is 1. The highest BCUT2D eigenvalue weighted by Gasteiger charge is 2.33. The summed E-state index contributed by atoms with van der Waals surface area (Å²) in [6.07, 6.45) is 1.94. The van der Waals surface area contributed by atoms with Gasteiger partial charge < -0.3 is 15.4 Å². The first-order valence-electron chi connectivity index (χ1n) is 6.34. The van der Waals surface area contributed by atoms with E-state index in [1.165, 1.54) is 0 Å². The van der Waals surface area contributed by atoms with E-state index in [2.05, 4.69) is 15.9 Å². The third-order valence-corrected chi connectivity index (χ3v) is 4.06. The zero-order valence-electron chi connectivity index (χ0n) is 11.3. The molecule has 104 valence electrons. The summed E-state index contributed by atoms with van der Waals surface area (Å²) in [4.78, 5) is 14.3. The lowest BCUT2D eigenvalue weighted by molar-refractivity contribution is -0.0440. The Morgan fingerprint density at radius 3 is 2.84 bits per heavy atom. The summed E-state index contributed by atoms with van der Waals surface area (Å²) < 4.78 is 6.34. The van der Waals surface area contributed by atoms with Crippen molar-refractivity contribution in [1.82, 2.24) is 4.90 Å². The summed E-state index contributed by atoms with van der Waals surface area (Å²) in [6.45, 7) is 3.43. The number of rotatable bonds is 2. The Bertz CT molecular complexity index is 472. The van der Waals surface area contributed by atoms with Crippen molar-refractivity contribution in [2.24, 2.45) is 0 Å². The van der Waals surface area contributed by atoms with Crippen molar-refractivity contribution >= 4 is 27.5 Å². The minimum Gasteiger partial charge on any atom is -0.399 e. The monoisotopic (exact) mass is 326 g/mol. The fourth-order valence-corrected chi connectivity index (χ4v) is 2.98. The van der Waals surface area contributed by atoms with Gasteiger partial charge in [0.05, 0.1) is 5.60 Å². The second kappa shape index (κ2) is 5.51. The van der Waals surface area contributed by atoms with E-state index in [4.69, 9.17) is 10.5 Å². The van der Waals surface area contributed by atoms with E-state index in [0.29, 0.717) is 17.8 Å². The fraction of sp³-hybridized carbons (Fsp3) is 0.500. The number of halogens is 1. The van der Waals surface area contributed by atoms with Crippen LogP contribution in [0, 0.1) is 0 Å². The van der Waals surface area contributed by atoms with E-state index in [1.54, 1.807) is 25.3 Å². The van der Waals surface area contributed by atoms with Gasteiger partial charge in [-0.05, 0) is 38.0 Å². The van der Waals surface area contributed by atoms with Gasteiger partial charge in [0.1, 0.15) is 0 Å². The molecule has 2 N–H and O–H groups in total. The fourth-order valence-electron chi connectivity index (χ4n) is 2.46. The van der Waals surface area contributed by atoms with Gasteiger partial charge in [-0.15, -0.1) is 0 Å². The third kappa shape index (κ3) is 3.28. The average Bonchev–Trinajstić information content (AvgIpc) is 2.37. The van der Waals surface area contributed by atoms with Crippen molar-refractivity contribution in [3.8, 4) is 0 Å². The average molecular weight is 327 g/mol. The van der Waals surface area contributed by atoms with Gasteiger partial charge in [0.15, 0.2) is 0 Å². The van der Waals surface area contributed by atoms with Gasteiger partial charge in [0, 0.05) is 35.9 Å². The molecule has 4 nitrogen and oxygen atoms in total.